The summed E-state index contributed by atoms with van der Waals surface area (Å²) in [7, 11) is 0. The van der Waals surface area contributed by atoms with E-state index in [9.17, 15) is 0 Å². The van der Waals surface area contributed by atoms with E-state index in [4.69, 9.17) is 4.99 Å². The van der Waals surface area contributed by atoms with Crippen LogP contribution in [0.2, 0.25) is 0 Å². The average molecular weight is 475 g/mol. The molecule has 1 aliphatic rings. The number of nitrogens with zero attached hydrogens (tertiary/aromatic N) is 5. The van der Waals surface area contributed by atoms with E-state index in [1.807, 2.05) is 4.68 Å². The summed E-state index contributed by atoms with van der Waals surface area (Å²) in [5.41, 5.74) is 1.14. The maximum absolute atomic E-state index is 4.72. The Morgan fingerprint density at radius 2 is 2.28 bits per heavy atom. The summed E-state index contributed by atoms with van der Waals surface area (Å²) in [5, 5.41) is 12.3. The highest BCUT2D eigenvalue weighted by Gasteiger charge is 2.20. The number of halogens is 1. The van der Waals surface area contributed by atoms with Gasteiger partial charge in [-0.15, -0.1) is 35.3 Å². The fraction of sp³-hybridized carbons (Fsp3) is 0.625. The zero-order valence-corrected chi connectivity index (χ0v) is 18.1. The summed E-state index contributed by atoms with van der Waals surface area (Å²) in [4.78, 5) is 14.8. The topological polar surface area (TPSA) is 80.0 Å². The second kappa shape index (κ2) is 9.46. The van der Waals surface area contributed by atoms with Gasteiger partial charge in [-0.25, -0.2) is 14.6 Å². The summed E-state index contributed by atoms with van der Waals surface area (Å²) in [6, 6.07) is 0.337. The number of rotatable bonds is 5. The van der Waals surface area contributed by atoms with Crippen LogP contribution in [0.3, 0.4) is 0 Å². The molecule has 25 heavy (non-hydrogen) atoms. The van der Waals surface area contributed by atoms with Gasteiger partial charge in [0.05, 0.1) is 17.2 Å². The predicted octanol–water partition coefficient (Wildman–Crippen LogP) is 2.08. The Kier molecular flexibility index (Phi) is 7.60. The van der Waals surface area contributed by atoms with Crippen molar-refractivity contribution in [2.75, 3.05) is 13.1 Å². The molecule has 7 nitrogen and oxygen atoms in total. The SMILES string of the molecule is CCNC(=NCCc1sc(C)nc1C)NC1CCc2ncnn2C1.I. The van der Waals surface area contributed by atoms with Crippen LogP contribution < -0.4 is 10.6 Å². The van der Waals surface area contributed by atoms with E-state index in [2.05, 4.69) is 46.5 Å². The molecule has 2 aromatic rings. The van der Waals surface area contributed by atoms with Gasteiger partial charge in [-0.1, -0.05) is 0 Å². The maximum Gasteiger partial charge on any atom is 0.191 e. The smallest absolute Gasteiger partial charge is 0.191 e. The summed E-state index contributed by atoms with van der Waals surface area (Å²) in [6.07, 6.45) is 4.58. The predicted molar refractivity (Wildman–Crippen MR) is 112 cm³/mol. The zero-order chi connectivity index (χ0) is 16.9. The molecule has 0 saturated heterocycles. The van der Waals surface area contributed by atoms with Gasteiger partial charge in [-0.3, -0.25) is 4.99 Å². The Labute approximate surface area is 169 Å². The molecular weight excluding hydrogens is 449 g/mol. The third-order valence-electron chi connectivity index (χ3n) is 4.10. The van der Waals surface area contributed by atoms with Crippen molar-refractivity contribution in [3.8, 4) is 0 Å². The summed E-state index contributed by atoms with van der Waals surface area (Å²) < 4.78 is 1.98. The summed E-state index contributed by atoms with van der Waals surface area (Å²) >= 11 is 1.77. The number of hydrogen-bond donors (Lipinski definition) is 2. The van der Waals surface area contributed by atoms with E-state index in [0.717, 1.165) is 61.4 Å². The van der Waals surface area contributed by atoms with Crippen LogP contribution >= 0.6 is 35.3 Å². The zero-order valence-electron chi connectivity index (χ0n) is 14.9. The van der Waals surface area contributed by atoms with E-state index in [-0.39, 0.29) is 24.0 Å². The Bertz CT molecular complexity index is 709. The normalized spacial score (nSPS) is 16.9. The molecule has 0 fully saturated rings. The van der Waals surface area contributed by atoms with Crippen molar-refractivity contribution < 1.29 is 0 Å². The number of thiazole rings is 1. The molecule has 0 amide bonds. The molecular formula is C16H26IN7S. The number of aryl methyl sites for hydroxylation is 3. The van der Waals surface area contributed by atoms with Crippen LogP contribution in [-0.2, 0) is 19.4 Å². The Morgan fingerprint density at radius 1 is 1.44 bits per heavy atom. The second-order valence-corrected chi connectivity index (χ2v) is 7.28. The number of aliphatic imine (C=N–C) groups is 1. The number of nitrogens with one attached hydrogen (secondary N) is 2. The van der Waals surface area contributed by atoms with Crippen molar-refractivity contribution in [1.82, 2.24) is 30.4 Å². The second-order valence-electron chi connectivity index (χ2n) is 5.99. The quantitative estimate of drug-likeness (QED) is 0.394. The minimum Gasteiger partial charge on any atom is -0.357 e. The lowest BCUT2D eigenvalue weighted by Gasteiger charge is -2.25. The van der Waals surface area contributed by atoms with Gasteiger partial charge in [0.2, 0.25) is 0 Å². The van der Waals surface area contributed by atoms with Gasteiger partial charge in [0.1, 0.15) is 12.2 Å². The lowest BCUT2D eigenvalue weighted by Crippen LogP contribution is -2.47. The first-order chi connectivity index (χ1) is 11.7. The van der Waals surface area contributed by atoms with Crippen molar-refractivity contribution in [3.05, 3.63) is 27.7 Å². The van der Waals surface area contributed by atoms with Gasteiger partial charge in [0.15, 0.2) is 5.96 Å². The van der Waals surface area contributed by atoms with E-state index in [1.54, 1.807) is 17.7 Å². The molecule has 138 valence electrons. The van der Waals surface area contributed by atoms with Crippen molar-refractivity contribution in [1.29, 1.82) is 0 Å². The van der Waals surface area contributed by atoms with E-state index >= 15 is 0 Å². The number of hydrogen-bond acceptors (Lipinski definition) is 5. The van der Waals surface area contributed by atoms with Crippen molar-refractivity contribution in [2.45, 2.75) is 52.6 Å². The molecule has 0 aliphatic carbocycles. The number of aromatic nitrogens is 4. The molecule has 0 saturated carbocycles. The summed E-state index contributed by atoms with van der Waals surface area (Å²) in [6.45, 7) is 8.67. The first-order valence-electron chi connectivity index (χ1n) is 8.50. The van der Waals surface area contributed by atoms with E-state index in [1.165, 1.54) is 4.88 Å². The number of guanidine groups is 1. The third-order valence-corrected chi connectivity index (χ3v) is 5.23. The van der Waals surface area contributed by atoms with Crippen LogP contribution in [-0.4, -0.2) is 44.8 Å². The van der Waals surface area contributed by atoms with E-state index < -0.39 is 0 Å². The fourth-order valence-electron chi connectivity index (χ4n) is 2.94. The molecule has 0 radical (unpaired) electrons. The maximum atomic E-state index is 4.72. The highest BCUT2D eigenvalue weighted by Crippen LogP contribution is 2.17. The molecule has 1 atom stereocenters. The van der Waals surface area contributed by atoms with Gasteiger partial charge in [0, 0.05) is 36.9 Å². The van der Waals surface area contributed by atoms with Crippen LogP contribution in [0.5, 0.6) is 0 Å². The van der Waals surface area contributed by atoms with Gasteiger partial charge in [-0.2, -0.15) is 5.10 Å². The standard InChI is InChI=1S/C16H25N7S.HI/c1-4-17-16(18-8-7-14-11(2)21-12(3)24-14)22-13-5-6-15-19-10-20-23(15)9-13;/h10,13H,4-9H2,1-3H3,(H2,17,18,22);1H. The third kappa shape index (κ3) is 5.37. The first kappa shape index (κ1) is 20.1. The minimum absolute atomic E-state index is 0. The highest BCUT2D eigenvalue weighted by atomic mass is 127. The van der Waals surface area contributed by atoms with Crippen molar-refractivity contribution in [3.63, 3.8) is 0 Å². The highest BCUT2D eigenvalue weighted by molar-refractivity contribution is 14.0. The fourth-order valence-corrected chi connectivity index (χ4v) is 3.87. The van der Waals surface area contributed by atoms with Crippen LogP contribution in [0, 0.1) is 13.8 Å². The first-order valence-corrected chi connectivity index (χ1v) is 9.31. The molecule has 0 spiro atoms. The van der Waals surface area contributed by atoms with Gasteiger partial charge in [0.25, 0.3) is 0 Å². The van der Waals surface area contributed by atoms with Gasteiger partial charge < -0.3 is 10.6 Å². The molecule has 3 rings (SSSR count). The largest absolute Gasteiger partial charge is 0.357 e. The lowest BCUT2D eigenvalue weighted by atomic mass is 10.1. The molecule has 2 aromatic heterocycles. The number of fused-ring (bicyclic) bond motifs is 1. The van der Waals surface area contributed by atoms with Crippen LogP contribution in [0.15, 0.2) is 11.3 Å². The Hall–Kier alpha value is -1.23. The van der Waals surface area contributed by atoms with Crippen LogP contribution in [0.4, 0.5) is 0 Å². The lowest BCUT2D eigenvalue weighted by molar-refractivity contribution is 0.393. The molecule has 1 unspecified atom stereocenters. The average Bonchev–Trinajstić information content (AvgIpc) is 3.13. The molecule has 0 bridgehead atoms. The van der Waals surface area contributed by atoms with Crippen LogP contribution in [0.1, 0.15) is 34.7 Å². The van der Waals surface area contributed by atoms with E-state index in [0.29, 0.717) is 6.04 Å². The summed E-state index contributed by atoms with van der Waals surface area (Å²) in [5.74, 6) is 1.95. The molecule has 3 heterocycles. The molecule has 0 aromatic carbocycles. The van der Waals surface area contributed by atoms with Crippen molar-refractivity contribution in [2.24, 2.45) is 4.99 Å². The Morgan fingerprint density at radius 3 is 3.00 bits per heavy atom. The monoisotopic (exact) mass is 475 g/mol. The minimum atomic E-state index is 0. The molecule has 1 aliphatic heterocycles. The molecule has 9 heteroatoms. The Balaban J connectivity index is 0.00000225. The van der Waals surface area contributed by atoms with Crippen LogP contribution in [0.25, 0.3) is 0 Å². The van der Waals surface area contributed by atoms with Crippen molar-refractivity contribution >= 4 is 41.3 Å². The van der Waals surface area contributed by atoms with Gasteiger partial charge >= 0.3 is 0 Å². The molecule has 2 N–H and O–H groups in total. The van der Waals surface area contributed by atoms with Gasteiger partial charge in [-0.05, 0) is 27.2 Å².